The molecule has 0 fully saturated rings. The molecule has 5 heteroatoms. The second-order valence-corrected chi connectivity index (χ2v) is 6.03. The highest BCUT2D eigenvalue weighted by Crippen LogP contribution is 2.24. The van der Waals surface area contributed by atoms with Crippen LogP contribution in [0, 0.1) is 0 Å². The number of hydrogen-bond donors (Lipinski definition) is 1. The fourth-order valence-electron chi connectivity index (χ4n) is 2.73. The summed E-state index contributed by atoms with van der Waals surface area (Å²) in [7, 11) is 3.12. The van der Waals surface area contributed by atoms with Crippen LogP contribution < -0.4 is 14.8 Å². The monoisotopic (exact) mass is 356 g/mol. The molecule has 0 atom stereocenters. The molecule has 0 bridgehead atoms. The lowest BCUT2D eigenvalue weighted by Crippen LogP contribution is -2.23. The van der Waals surface area contributed by atoms with E-state index in [2.05, 4.69) is 48.3 Å². The average molecular weight is 356 g/mol. The van der Waals surface area contributed by atoms with E-state index in [4.69, 9.17) is 9.47 Å². The Hall–Kier alpha value is -2.53. The summed E-state index contributed by atoms with van der Waals surface area (Å²) in [5.74, 6) is 0.982. The van der Waals surface area contributed by atoms with Crippen molar-refractivity contribution in [3.8, 4) is 11.5 Å². The largest absolute Gasteiger partial charge is 0.497 e. The second-order valence-electron chi connectivity index (χ2n) is 6.03. The van der Waals surface area contributed by atoms with Crippen molar-refractivity contribution >= 4 is 5.91 Å². The fourth-order valence-corrected chi connectivity index (χ4v) is 2.73. The Morgan fingerprint density at radius 3 is 2.19 bits per heavy atom. The van der Waals surface area contributed by atoms with Gasteiger partial charge in [-0.25, -0.2) is 0 Å². The van der Waals surface area contributed by atoms with Crippen LogP contribution in [0.3, 0.4) is 0 Å². The highest BCUT2D eigenvalue weighted by molar-refractivity contribution is 5.97. The van der Waals surface area contributed by atoms with Gasteiger partial charge in [-0.05, 0) is 36.3 Å². The fraction of sp³-hybridized carbons (Fsp3) is 0.381. The van der Waals surface area contributed by atoms with Gasteiger partial charge in [0.15, 0.2) is 0 Å². The van der Waals surface area contributed by atoms with Gasteiger partial charge in [0.05, 0.1) is 19.8 Å². The zero-order valence-electron chi connectivity index (χ0n) is 16.0. The lowest BCUT2D eigenvalue weighted by Gasteiger charge is -2.18. The molecule has 26 heavy (non-hydrogen) atoms. The smallest absolute Gasteiger partial charge is 0.255 e. The number of carbonyl (C=O) groups excluding carboxylic acids is 1. The van der Waals surface area contributed by atoms with Gasteiger partial charge in [-0.15, -0.1) is 0 Å². The maximum absolute atomic E-state index is 12.4. The molecule has 2 rings (SSSR count). The van der Waals surface area contributed by atoms with Crippen LogP contribution in [0.25, 0.3) is 0 Å². The van der Waals surface area contributed by atoms with Gasteiger partial charge in [0, 0.05) is 19.2 Å². The molecule has 0 saturated heterocycles. The number of rotatable bonds is 9. The van der Waals surface area contributed by atoms with Crippen LogP contribution in [-0.4, -0.2) is 38.1 Å². The molecule has 1 amide bonds. The quantitative estimate of drug-likeness (QED) is 0.747. The van der Waals surface area contributed by atoms with Crippen molar-refractivity contribution < 1.29 is 14.3 Å². The number of carbonyl (C=O) groups is 1. The van der Waals surface area contributed by atoms with E-state index in [9.17, 15) is 4.79 Å². The molecule has 0 aliphatic carbocycles. The molecule has 0 aliphatic rings. The Morgan fingerprint density at radius 2 is 1.62 bits per heavy atom. The number of ether oxygens (including phenoxy) is 2. The van der Waals surface area contributed by atoms with E-state index >= 15 is 0 Å². The number of benzene rings is 2. The van der Waals surface area contributed by atoms with Crippen molar-refractivity contribution in [2.45, 2.75) is 26.9 Å². The number of nitrogens with zero attached hydrogens (tertiary/aromatic N) is 1. The second kappa shape index (κ2) is 9.82. The summed E-state index contributed by atoms with van der Waals surface area (Å²) in [6.45, 7) is 7.83. The summed E-state index contributed by atoms with van der Waals surface area (Å²) < 4.78 is 10.4. The number of methoxy groups -OCH3 is 2. The molecule has 0 unspecified atom stereocenters. The molecule has 0 radical (unpaired) electrons. The molecule has 2 aromatic carbocycles. The van der Waals surface area contributed by atoms with E-state index in [-0.39, 0.29) is 5.91 Å². The first-order valence-electron chi connectivity index (χ1n) is 8.91. The zero-order chi connectivity index (χ0) is 18.9. The van der Waals surface area contributed by atoms with E-state index in [0.717, 1.165) is 25.2 Å². The molecule has 140 valence electrons. The van der Waals surface area contributed by atoms with Gasteiger partial charge in [0.2, 0.25) is 0 Å². The Labute approximate surface area is 155 Å². The van der Waals surface area contributed by atoms with Gasteiger partial charge in [-0.3, -0.25) is 9.69 Å². The summed E-state index contributed by atoms with van der Waals surface area (Å²) in [6, 6.07) is 13.5. The molecule has 1 N–H and O–H groups in total. The standard InChI is InChI=1S/C21H28N2O3/c1-5-23(6-2)15-17-9-7-16(8-10-17)14-22-21(24)19-12-11-18(25-3)13-20(19)26-4/h7-13H,5-6,14-15H2,1-4H3,(H,22,24). The van der Waals surface area contributed by atoms with Gasteiger partial charge in [0.25, 0.3) is 5.91 Å². The lowest BCUT2D eigenvalue weighted by molar-refractivity contribution is 0.0948. The van der Waals surface area contributed by atoms with E-state index in [1.165, 1.54) is 5.56 Å². The first-order valence-corrected chi connectivity index (χ1v) is 8.91. The summed E-state index contributed by atoms with van der Waals surface area (Å²) in [4.78, 5) is 14.8. The summed E-state index contributed by atoms with van der Waals surface area (Å²) >= 11 is 0. The Balaban J connectivity index is 1.97. The molecule has 0 aromatic heterocycles. The van der Waals surface area contributed by atoms with Crippen LogP contribution in [0.4, 0.5) is 0 Å². The maximum Gasteiger partial charge on any atom is 0.255 e. The van der Waals surface area contributed by atoms with Gasteiger partial charge in [-0.1, -0.05) is 38.1 Å². The number of amides is 1. The molecular formula is C21H28N2O3. The number of nitrogens with one attached hydrogen (secondary N) is 1. The van der Waals surface area contributed by atoms with Gasteiger partial charge < -0.3 is 14.8 Å². The molecular weight excluding hydrogens is 328 g/mol. The highest BCUT2D eigenvalue weighted by atomic mass is 16.5. The van der Waals surface area contributed by atoms with Crippen LogP contribution >= 0.6 is 0 Å². The minimum atomic E-state index is -0.170. The minimum absolute atomic E-state index is 0.170. The zero-order valence-corrected chi connectivity index (χ0v) is 16.0. The SMILES string of the molecule is CCN(CC)Cc1ccc(CNC(=O)c2ccc(OC)cc2OC)cc1. The van der Waals surface area contributed by atoms with Crippen molar-refractivity contribution in [1.29, 1.82) is 0 Å². The van der Waals surface area contributed by atoms with Crippen molar-refractivity contribution in [1.82, 2.24) is 10.2 Å². The normalized spacial score (nSPS) is 10.7. The highest BCUT2D eigenvalue weighted by Gasteiger charge is 2.13. The van der Waals surface area contributed by atoms with Crippen LogP contribution in [0.5, 0.6) is 11.5 Å². The third kappa shape index (κ3) is 5.23. The van der Waals surface area contributed by atoms with Crippen LogP contribution in [0.1, 0.15) is 35.3 Å². The molecule has 0 aliphatic heterocycles. The Bertz CT molecular complexity index is 710. The average Bonchev–Trinajstić information content (AvgIpc) is 2.70. The molecule has 0 spiro atoms. The van der Waals surface area contributed by atoms with E-state index < -0.39 is 0 Å². The maximum atomic E-state index is 12.4. The van der Waals surface area contributed by atoms with Crippen molar-refractivity contribution in [2.24, 2.45) is 0 Å². The predicted molar refractivity (Wildman–Crippen MR) is 104 cm³/mol. The van der Waals surface area contributed by atoms with Gasteiger partial charge >= 0.3 is 0 Å². The lowest BCUT2D eigenvalue weighted by atomic mass is 10.1. The van der Waals surface area contributed by atoms with Crippen molar-refractivity contribution in [3.63, 3.8) is 0 Å². The Kier molecular flexibility index (Phi) is 7.48. The van der Waals surface area contributed by atoms with Crippen LogP contribution in [-0.2, 0) is 13.1 Å². The molecule has 0 saturated carbocycles. The molecule has 5 nitrogen and oxygen atoms in total. The minimum Gasteiger partial charge on any atom is -0.497 e. The predicted octanol–water partition coefficient (Wildman–Crippen LogP) is 3.48. The molecule has 2 aromatic rings. The summed E-state index contributed by atoms with van der Waals surface area (Å²) in [5.41, 5.74) is 2.83. The first-order chi connectivity index (χ1) is 12.6. The van der Waals surface area contributed by atoms with E-state index in [1.54, 1.807) is 32.4 Å². The van der Waals surface area contributed by atoms with Gasteiger partial charge in [-0.2, -0.15) is 0 Å². The third-order valence-electron chi connectivity index (χ3n) is 4.43. The van der Waals surface area contributed by atoms with Crippen LogP contribution in [0.15, 0.2) is 42.5 Å². The molecule has 0 heterocycles. The Morgan fingerprint density at radius 1 is 0.962 bits per heavy atom. The number of hydrogen-bond acceptors (Lipinski definition) is 4. The summed E-state index contributed by atoms with van der Waals surface area (Å²) in [6.07, 6.45) is 0. The van der Waals surface area contributed by atoms with Crippen molar-refractivity contribution in [3.05, 3.63) is 59.2 Å². The van der Waals surface area contributed by atoms with Crippen LogP contribution in [0.2, 0.25) is 0 Å². The van der Waals surface area contributed by atoms with E-state index in [1.807, 2.05) is 0 Å². The van der Waals surface area contributed by atoms with Gasteiger partial charge in [0.1, 0.15) is 11.5 Å². The summed E-state index contributed by atoms with van der Waals surface area (Å²) in [5, 5.41) is 2.94. The first kappa shape index (κ1) is 19.8. The van der Waals surface area contributed by atoms with Crippen molar-refractivity contribution in [2.75, 3.05) is 27.3 Å². The topological polar surface area (TPSA) is 50.8 Å². The van der Waals surface area contributed by atoms with E-state index in [0.29, 0.717) is 23.6 Å². The third-order valence-corrected chi connectivity index (χ3v) is 4.43.